The fraction of sp³-hybridized carbons (Fsp3) is 0.161. The molecule has 12 heteroatoms. The van der Waals surface area contributed by atoms with Crippen LogP contribution in [-0.2, 0) is 10.0 Å². The maximum atomic E-state index is 14.1. The number of nitrogens with zero attached hydrogens (tertiary/aromatic N) is 2. The van der Waals surface area contributed by atoms with E-state index in [1.807, 2.05) is 6.92 Å². The average Bonchev–Trinajstić information content (AvgIpc) is 3.56. The fourth-order valence-corrected chi connectivity index (χ4v) is 7.50. The summed E-state index contributed by atoms with van der Waals surface area (Å²) in [6.07, 6.45) is -1.52. The molecule has 0 bridgehead atoms. The van der Waals surface area contributed by atoms with E-state index in [0.717, 1.165) is 9.54 Å². The second kappa shape index (κ2) is 12.4. The van der Waals surface area contributed by atoms with Gasteiger partial charge in [0.15, 0.2) is 0 Å². The first-order chi connectivity index (χ1) is 20.5. The summed E-state index contributed by atoms with van der Waals surface area (Å²) in [6.45, 7) is 1.85. The van der Waals surface area contributed by atoms with E-state index >= 15 is 0 Å². The van der Waals surface area contributed by atoms with Crippen LogP contribution in [0.5, 0.6) is 11.5 Å². The molecule has 5 aromatic rings. The highest BCUT2D eigenvalue weighted by Crippen LogP contribution is 2.46. The van der Waals surface area contributed by atoms with Crippen LogP contribution in [0.4, 0.5) is 0 Å². The number of halogens is 3. The standard InChI is InChI=1S/C31H27BrCl2N2O6S/c1-18-12-14-19(15-13-18)43(39,40)35-17-16-22(27(35)29(37)20-8-4-6-10-23(20)41-2)36-28(25(32)26(33)31(36)34)30(38)21-9-5-7-11-24(21)42-3/h4-17,29-30,37-38H,1-3H3/t29-,30-/m1/s1. The minimum absolute atomic E-state index is 0.0147. The van der Waals surface area contributed by atoms with E-state index in [4.69, 9.17) is 32.7 Å². The van der Waals surface area contributed by atoms with Crippen molar-refractivity contribution in [2.75, 3.05) is 14.2 Å². The quantitative estimate of drug-likeness (QED) is 0.170. The number of para-hydroxylation sites is 2. The van der Waals surface area contributed by atoms with E-state index in [9.17, 15) is 18.6 Å². The summed E-state index contributed by atoms with van der Waals surface area (Å²) in [5, 5.41) is 23.7. The van der Waals surface area contributed by atoms with Crippen molar-refractivity contribution in [2.45, 2.75) is 24.0 Å². The summed E-state index contributed by atoms with van der Waals surface area (Å²) in [7, 11) is -1.29. The second-order valence-electron chi connectivity index (χ2n) is 9.63. The molecule has 2 atom stereocenters. The Morgan fingerprint density at radius 2 is 1.30 bits per heavy atom. The Balaban J connectivity index is 1.82. The van der Waals surface area contributed by atoms with E-state index < -0.39 is 22.2 Å². The van der Waals surface area contributed by atoms with Crippen molar-refractivity contribution in [3.63, 3.8) is 0 Å². The Labute approximate surface area is 267 Å². The highest BCUT2D eigenvalue weighted by Gasteiger charge is 2.34. The predicted molar refractivity (Wildman–Crippen MR) is 169 cm³/mol. The lowest BCUT2D eigenvalue weighted by molar-refractivity contribution is 0.203. The highest BCUT2D eigenvalue weighted by atomic mass is 79.9. The topological polar surface area (TPSA) is 103 Å². The van der Waals surface area contributed by atoms with Crippen molar-refractivity contribution in [3.8, 4) is 17.2 Å². The maximum absolute atomic E-state index is 14.1. The van der Waals surface area contributed by atoms with Crippen LogP contribution in [0.2, 0.25) is 10.2 Å². The van der Waals surface area contributed by atoms with Crippen molar-refractivity contribution in [1.82, 2.24) is 8.54 Å². The molecule has 0 aliphatic heterocycles. The van der Waals surface area contributed by atoms with Gasteiger partial charge in [0.1, 0.15) is 28.9 Å². The predicted octanol–water partition coefficient (Wildman–Crippen LogP) is 7.07. The maximum Gasteiger partial charge on any atom is 0.268 e. The van der Waals surface area contributed by atoms with Gasteiger partial charge in [-0.05, 0) is 53.2 Å². The molecule has 2 heterocycles. The molecule has 0 aliphatic rings. The third-order valence-electron chi connectivity index (χ3n) is 7.11. The van der Waals surface area contributed by atoms with Gasteiger partial charge < -0.3 is 19.7 Å². The fourth-order valence-electron chi connectivity index (χ4n) is 4.96. The number of rotatable bonds is 9. The van der Waals surface area contributed by atoms with E-state index in [0.29, 0.717) is 22.6 Å². The number of aromatic nitrogens is 2. The molecule has 0 fully saturated rings. The van der Waals surface area contributed by atoms with Crippen LogP contribution in [-0.4, -0.2) is 41.4 Å². The van der Waals surface area contributed by atoms with Crippen molar-refractivity contribution in [2.24, 2.45) is 0 Å². The first-order valence-electron chi connectivity index (χ1n) is 12.9. The lowest BCUT2D eigenvalue weighted by atomic mass is 10.0. The van der Waals surface area contributed by atoms with Gasteiger partial charge in [-0.25, -0.2) is 12.4 Å². The molecule has 5 rings (SSSR count). The van der Waals surface area contributed by atoms with E-state index in [2.05, 4.69) is 15.9 Å². The smallest absolute Gasteiger partial charge is 0.268 e. The van der Waals surface area contributed by atoms with Crippen molar-refractivity contribution < 1.29 is 28.1 Å². The zero-order valence-electron chi connectivity index (χ0n) is 23.2. The minimum Gasteiger partial charge on any atom is -0.496 e. The molecule has 0 radical (unpaired) electrons. The molecular formula is C31H27BrCl2N2O6S. The molecule has 0 amide bonds. The van der Waals surface area contributed by atoms with Crippen molar-refractivity contribution in [1.29, 1.82) is 0 Å². The van der Waals surface area contributed by atoms with Gasteiger partial charge in [-0.3, -0.25) is 4.57 Å². The number of methoxy groups -OCH3 is 2. The largest absolute Gasteiger partial charge is 0.496 e. The van der Waals surface area contributed by atoms with Gasteiger partial charge in [0, 0.05) is 17.3 Å². The minimum atomic E-state index is -4.23. The normalized spacial score (nSPS) is 13.1. The lowest BCUT2D eigenvalue weighted by Gasteiger charge is -2.22. The Kier molecular flexibility index (Phi) is 8.99. The summed E-state index contributed by atoms with van der Waals surface area (Å²) < 4.78 is 41.8. The Morgan fingerprint density at radius 3 is 1.84 bits per heavy atom. The summed E-state index contributed by atoms with van der Waals surface area (Å²) in [6, 6.07) is 21.5. The van der Waals surface area contributed by atoms with Gasteiger partial charge in [0.05, 0.1) is 45.7 Å². The average molecular weight is 706 g/mol. The van der Waals surface area contributed by atoms with Crippen LogP contribution in [0, 0.1) is 6.92 Å². The molecule has 0 saturated heterocycles. The zero-order chi connectivity index (χ0) is 31.1. The molecule has 0 aliphatic carbocycles. The molecule has 224 valence electrons. The van der Waals surface area contributed by atoms with Gasteiger partial charge >= 0.3 is 0 Å². The number of ether oxygens (including phenoxy) is 2. The number of aliphatic hydroxyl groups is 2. The van der Waals surface area contributed by atoms with Crippen molar-refractivity contribution >= 4 is 49.2 Å². The number of hydrogen-bond donors (Lipinski definition) is 2. The number of aliphatic hydroxyl groups excluding tert-OH is 2. The number of aryl methyl sites for hydroxylation is 1. The summed E-state index contributed by atoms with van der Waals surface area (Å²) >= 11 is 16.9. The van der Waals surface area contributed by atoms with Crippen LogP contribution in [0.3, 0.4) is 0 Å². The Bertz CT molecular complexity index is 1900. The van der Waals surface area contributed by atoms with Gasteiger partial charge in [0.2, 0.25) is 0 Å². The van der Waals surface area contributed by atoms with Crippen LogP contribution >= 0.6 is 39.1 Å². The first-order valence-corrected chi connectivity index (χ1v) is 15.9. The molecular weight excluding hydrogens is 679 g/mol. The van der Waals surface area contributed by atoms with Crippen LogP contribution < -0.4 is 9.47 Å². The highest BCUT2D eigenvalue weighted by molar-refractivity contribution is 9.10. The second-order valence-corrected chi connectivity index (χ2v) is 13.0. The molecule has 0 spiro atoms. The van der Waals surface area contributed by atoms with Gasteiger partial charge in [0.25, 0.3) is 10.0 Å². The molecule has 8 nitrogen and oxygen atoms in total. The Morgan fingerprint density at radius 1 is 0.791 bits per heavy atom. The van der Waals surface area contributed by atoms with Gasteiger partial charge in [-0.15, -0.1) is 0 Å². The van der Waals surface area contributed by atoms with Gasteiger partial charge in [-0.1, -0.05) is 77.3 Å². The number of hydrogen-bond acceptors (Lipinski definition) is 6. The van der Waals surface area contributed by atoms with Gasteiger partial charge in [-0.2, -0.15) is 0 Å². The van der Waals surface area contributed by atoms with Crippen LogP contribution in [0.1, 0.15) is 40.3 Å². The molecule has 0 saturated carbocycles. The van der Waals surface area contributed by atoms with Crippen molar-refractivity contribution in [3.05, 3.63) is 128 Å². The lowest BCUT2D eigenvalue weighted by Crippen LogP contribution is -2.20. The third kappa shape index (κ3) is 5.48. The summed E-state index contributed by atoms with van der Waals surface area (Å²) in [4.78, 5) is 0.0147. The SMILES string of the molecule is COc1ccccc1[C@@H](O)c1c(-n2c(Cl)c(Cl)c(Br)c2[C@H](O)c2ccccc2OC)ccn1S(=O)(=O)c1ccc(C)cc1. The third-order valence-corrected chi connectivity index (χ3v) is 10.7. The van der Waals surface area contributed by atoms with E-state index in [1.165, 1.54) is 43.2 Å². The number of benzene rings is 3. The van der Waals surface area contributed by atoms with Crippen LogP contribution in [0.25, 0.3) is 5.69 Å². The summed E-state index contributed by atoms with van der Waals surface area (Å²) in [5.41, 5.74) is 1.91. The monoisotopic (exact) mass is 704 g/mol. The molecule has 2 N–H and O–H groups in total. The first kappa shape index (κ1) is 31.2. The Hall–Kier alpha value is -3.25. The summed E-state index contributed by atoms with van der Waals surface area (Å²) in [5.74, 6) is 0.754. The molecule has 43 heavy (non-hydrogen) atoms. The molecule has 2 aromatic heterocycles. The molecule has 0 unspecified atom stereocenters. The molecule has 3 aromatic carbocycles. The van der Waals surface area contributed by atoms with Crippen LogP contribution in [0.15, 0.2) is 94.4 Å². The van der Waals surface area contributed by atoms with E-state index in [1.54, 1.807) is 60.7 Å². The van der Waals surface area contributed by atoms with E-state index in [-0.39, 0.29) is 36.6 Å². The zero-order valence-corrected chi connectivity index (χ0v) is 27.1.